The number of amides is 2. The predicted octanol–water partition coefficient (Wildman–Crippen LogP) is 1.84. The fourth-order valence-electron chi connectivity index (χ4n) is 1.29. The van der Waals surface area contributed by atoms with Gasteiger partial charge in [-0.25, -0.2) is 4.79 Å². The van der Waals surface area contributed by atoms with E-state index in [4.69, 9.17) is 5.11 Å². The van der Waals surface area contributed by atoms with Crippen molar-refractivity contribution >= 4 is 17.7 Å². The molecular formula is C12H16N2O3. The molecule has 1 atom stereocenters. The van der Waals surface area contributed by atoms with Gasteiger partial charge in [-0.2, -0.15) is 0 Å². The summed E-state index contributed by atoms with van der Waals surface area (Å²) in [6, 6.07) is 5.98. The Labute approximate surface area is 99.8 Å². The van der Waals surface area contributed by atoms with Gasteiger partial charge in [-0.1, -0.05) is 19.1 Å². The van der Waals surface area contributed by atoms with E-state index >= 15 is 0 Å². The minimum atomic E-state index is -1.07. The molecule has 5 nitrogen and oxygen atoms in total. The Bertz CT molecular complexity index is 418. The van der Waals surface area contributed by atoms with Crippen LogP contribution in [-0.2, 0) is 11.2 Å². The first-order valence-corrected chi connectivity index (χ1v) is 5.42. The van der Waals surface area contributed by atoms with Crippen LogP contribution in [0.25, 0.3) is 0 Å². The summed E-state index contributed by atoms with van der Waals surface area (Å²) in [5, 5.41) is 13.5. The van der Waals surface area contributed by atoms with Gasteiger partial charge in [0.25, 0.3) is 0 Å². The first-order chi connectivity index (χ1) is 8.02. The van der Waals surface area contributed by atoms with Crippen molar-refractivity contribution in [2.45, 2.75) is 26.3 Å². The van der Waals surface area contributed by atoms with E-state index < -0.39 is 18.0 Å². The fraction of sp³-hybridized carbons (Fsp3) is 0.333. The van der Waals surface area contributed by atoms with Gasteiger partial charge < -0.3 is 15.7 Å². The largest absolute Gasteiger partial charge is 0.480 e. The Morgan fingerprint density at radius 2 is 2.12 bits per heavy atom. The zero-order valence-electron chi connectivity index (χ0n) is 9.86. The Morgan fingerprint density at radius 3 is 2.71 bits per heavy atom. The Hall–Kier alpha value is -2.04. The molecule has 0 saturated heterocycles. The smallest absolute Gasteiger partial charge is 0.325 e. The summed E-state index contributed by atoms with van der Waals surface area (Å²) in [5.41, 5.74) is 1.76. The van der Waals surface area contributed by atoms with E-state index in [1.807, 2.05) is 25.1 Å². The number of aryl methyl sites for hydroxylation is 1. The second-order valence-electron chi connectivity index (χ2n) is 3.71. The molecule has 0 aromatic heterocycles. The lowest BCUT2D eigenvalue weighted by molar-refractivity contribution is -0.138. The highest BCUT2D eigenvalue weighted by Gasteiger charge is 2.13. The number of carbonyl (C=O) groups excluding carboxylic acids is 1. The average molecular weight is 236 g/mol. The van der Waals surface area contributed by atoms with Crippen molar-refractivity contribution in [3.63, 3.8) is 0 Å². The third-order valence-electron chi connectivity index (χ3n) is 2.31. The predicted molar refractivity (Wildman–Crippen MR) is 65.1 cm³/mol. The van der Waals surface area contributed by atoms with Crippen molar-refractivity contribution in [3.05, 3.63) is 29.8 Å². The highest BCUT2D eigenvalue weighted by molar-refractivity contribution is 5.92. The minimum Gasteiger partial charge on any atom is -0.480 e. The second-order valence-corrected chi connectivity index (χ2v) is 3.71. The zero-order chi connectivity index (χ0) is 12.8. The molecule has 0 radical (unpaired) electrons. The summed E-state index contributed by atoms with van der Waals surface area (Å²) in [4.78, 5) is 22.0. The molecule has 0 bridgehead atoms. The highest BCUT2D eigenvalue weighted by Crippen LogP contribution is 2.10. The van der Waals surface area contributed by atoms with Gasteiger partial charge >= 0.3 is 12.0 Å². The van der Waals surface area contributed by atoms with Gasteiger partial charge in [-0.15, -0.1) is 0 Å². The van der Waals surface area contributed by atoms with Crippen molar-refractivity contribution in [1.82, 2.24) is 5.32 Å². The standard InChI is InChI=1S/C12H16N2O3/c1-3-9-5-4-6-10(7-9)14-12(17)13-8(2)11(15)16/h4-8H,3H2,1-2H3,(H,15,16)(H2,13,14,17)/t8-/m1/s1. The number of hydrogen-bond donors (Lipinski definition) is 3. The van der Waals surface area contributed by atoms with Crippen LogP contribution in [0.4, 0.5) is 10.5 Å². The van der Waals surface area contributed by atoms with E-state index in [9.17, 15) is 9.59 Å². The Balaban J connectivity index is 2.58. The molecule has 0 unspecified atom stereocenters. The van der Waals surface area contributed by atoms with Crippen LogP contribution in [-0.4, -0.2) is 23.1 Å². The first kappa shape index (κ1) is 13.0. The SMILES string of the molecule is CCc1cccc(NC(=O)N[C@H](C)C(=O)O)c1. The number of hydrogen-bond acceptors (Lipinski definition) is 2. The van der Waals surface area contributed by atoms with Crippen LogP contribution >= 0.6 is 0 Å². The van der Waals surface area contributed by atoms with Gasteiger partial charge in [0.1, 0.15) is 6.04 Å². The zero-order valence-corrected chi connectivity index (χ0v) is 9.86. The van der Waals surface area contributed by atoms with Crippen LogP contribution in [0.15, 0.2) is 24.3 Å². The quantitative estimate of drug-likeness (QED) is 0.746. The lowest BCUT2D eigenvalue weighted by atomic mass is 10.1. The van der Waals surface area contributed by atoms with E-state index in [0.717, 1.165) is 12.0 Å². The number of benzene rings is 1. The Morgan fingerprint density at radius 1 is 1.41 bits per heavy atom. The summed E-state index contributed by atoms with van der Waals surface area (Å²) in [7, 11) is 0. The van der Waals surface area contributed by atoms with Gasteiger partial charge in [-0.05, 0) is 31.0 Å². The summed E-state index contributed by atoms with van der Waals surface area (Å²) in [6.45, 7) is 3.43. The number of aliphatic carboxylic acids is 1. The highest BCUT2D eigenvalue weighted by atomic mass is 16.4. The van der Waals surface area contributed by atoms with Crippen molar-refractivity contribution in [2.75, 3.05) is 5.32 Å². The molecule has 0 aliphatic rings. The van der Waals surface area contributed by atoms with Crippen LogP contribution in [0.1, 0.15) is 19.4 Å². The van der Waals surface area contributed by atoms with Gasteiger partial charge in [0, 0.05) is 5.69 Å². The molecule has 3 N–H and O–H groups in total. The molecule has 1 aromatic rings. The number of carboxylic acids is 1. The van der Waals surface area contributed by atoms with Gasteiger partial charge in [0.15, 0.2) is 0 Å². The molecule has 1 rings (SSSR count). The van der Waals surface area contributed by atoms with Crippen LogP contribution in [0.3, 0.4) is 0 Å². The summed E-state index contributed by atoms with van der Waals surface area (Å²) >= 11 is 0. The number of carboxylic acid groups (broad SMARTS) is 1. The van der Waals surface area contributed by atoms with Crippen LogP contribution in [0.2, 0.25) is 0 Å². The van der Waals surface area contributed by atoms with Crippen LogP contribution < -0.4 is 10.6 Å². The van der Waals surface area contributed by atoms with Crippen molar-refractivity contribution < 1.29 is 14.7 Å². The van der Waals surface area contributed by atoms with Crippen LogP contribution in [0, 0.1) is 0 Å². The molecule has 1 aromatic carbocycles. The molecule has 0 fully saturated rings. The molecule has 0 spiro atoms. The fourth-order valence-corrected chi connectivity index (χ4v) is 1.29. The van der Waals surface area contributed by atoms with Gasteiger partial charge in [0.2, 0.25) is 0 Å². The maximum absolute atomic E-state index is 11.4. The van der Waals surface area contributed by atoms with E-state index in [-0.39, 0.29) is 0 Å². The normalized spacial score (nSPS) is 11.6. The molecule has 0 aliphatic heterocycles. The van der Waals surface area contributed by atoms with Crippen LogP contribution in [0.5, 0.6) is 0 Å². The second kappa shape index (κ2) is 5.89. The summed E-state index contributed by atoms with van der Waals surface area (Å²) < 4.78 is 0. The van der Waals surface area contributed by atoms with Gasteiger partial charge in [-0.3, -0.25) is 4.79 Å². The third kappa shape index (κ3) is 4.14. The minimum absolute atomic E-state index is 0.520. The molecule has 2 amide bonds. The lowest BCUT2D eigenvalue weighted by Crippen LogP contribution is -2.40. The Kier molecular flexibility index (Phi) is 4.51. The number of urea groups is 1. The topological polar surface area (TPSA) is 78.4 Å². The van der Waals surface area contributed by atoms with E-state index in [1.54, 1.807) is 6.07 Å². The summed E-state index contributed by atoms with van der Waals surface area (Å²) in [5.74, 6) is -1.07. The number of rotatable bonds is 4. The van der Waals surface area contributed by atoms with E-state index in [0.29, 0.717) is 5.69 Å². The number of carbonyl (C=O) groups is 2. The monoisotopic (exact) mass is 236 g/mol. The number of nitrogens with one attached hydrogen (secondary N) is 2. The average Bonchev–Trinajstić information content (AvgIpc) is 2.28. The first-order valence-electron chi connectivity index (χ1n) is 5.42. The molecule has 5 heteroatoms. The number of anilines is 1. The maximum Gasteiger partial charge on any atom is 0.325 e. The molecular weight excluding hydrogens is 220 g/mol. The molecule has 0 aliphatic carbocycles. The molecule has 92 valence electrons. The van der Waals surface area contributed by atoms with Crippen molar-refractivity contribution in [1.29, 1.82) is 0 Å². The molecule has 0 saturated carbocycles. The third-order valence-corrected chi connectivity index (χ3v) is 2.31. The molecule has 0 heterocycles. The van der Waals surface area contributed by atoms with E-state index in [1.165, 1.54) is 6.92 Å². The van der Waals surface area contributed by atoms with E-state index in [2.05, 4.69) is 10.6 Å². The van der Waals surface area contributed by atoms with Gasteiger partial charge in [0.05, 0.1) is 0 Å². The molecule has 17 heavy (non-hydrogen) atoms. The lowest BCUT2D eigenvalue weighted by Gasteiger charge is -2.11. The van der Waals surface area contributed by atoms with Crippen molar-refractivity contribution in [2.24, 2.45) is 0 Å². The summed E-state index contributed by atoms with van der Waals surface area (Å²) in [6.07, 6.45) is 0.878. The van der Waals surface area contributed by atoms with Crippen molar-refractivity contribution in [3.8, 4) is 0 Å². The maximum atomic E-state index is 11.4.